The van der Waals surface area contributed by atoms with Crippen LogP contribution >= 0.6 is 0 Å². The molecule has 5 heterocycles. The van der Waals surface area contributed by atoms with Gasteiger partial charge in [0.15, 0.2) is 0 Å². The van der Waals surface area contributed by atoms with Gasteiger partial charge in [-0.1, -0.05) is 39.8 Å². The summed E-state index contributed by atoms with van der Waals surface area (Å²) in [6.07, 6.45) is 4.31. The van der Waals surface area contributed by atoms with E-state index in [0.29, 0.717) is 40.1 Å². The molecule has 5 N–H and O–H groups in total. The molecule has 0 radical (unpaired) electrons. The van der Waals surface area contributed by atoms with E-state index >= 15 is 0 Å². The van der Waals surface area contributed by atoms with Crippen LogP contribution in [0.5, 0.6) is 0 Å². The molecule has 48 heavy (non-hydrogen) atoms. The van der Waals surface area contributed by atoms with Crippen molar-refractivity contribution in [2.45, 2.75) is 91.9 Å². The third kappa shape index (κ3) is 6.43. The SMILES string of the molecule is C=CC1=C(C)c2cc3nc(c(CC(=O)NCCCC)c4[nH]c(cc5[nH]c(cc1n2)c(C)c5CC)c(C)c4C(=O)O)C(CCC(=O)O)C3C. The zero-order valence-corrected chi connectivity index (χ0v) is 28.6. The van der Waals surface area contributed by atoms with Crippen LogP contribution in [0.2, 0.25) is 0 Å². The molecule has 5 rings (SSSR count). The monoisotopic (exact) mass is 651 g/mol. The summed E-state index contributed by atoms with van der Waals surface area (Å²) in [5.74, 6) is -2.92. The fourth-order valence-corrected chi connectivity index (χ4v) is 7.01. The molecule has 0 aliphatic carbocycles. The van der Waals surface area contributed by atoms with Gasteiger partial charge in [-0.2, -0.15) is 0 Å². The molecule has 0 aromatic carbocycles. The number of aryl methyl sites for hydroxylation is 3. The van der Waals surface area contributed by atoms with Crippen LogP contribution in [0.15, 0.2) is 30.9 Å². The highest BCUT2D eigenvalue weighted by Gasteiger charge is 2.34. The topological polar surface area (TPSA) is 161 Å². The maximum atomic E-state index is 13.5. The molecule has 2 aliphatic heterocycles. The van der Waals surface area contributed by atoms with Crippen molar-refractivity contribution in [3.63, 3.8) is 0 Å². The summed E-state index contributed by atoms with van der Waals surface area (Å²) in [5, 5.41) is 23.2. The van der Waals surface area contributed by atoms with E-state index in [4.69, 9.17) is 9.97 Å². The van der Waals surface area contributed by atoms with Crippen molar-refractivity contribution in [3.05, 3.63) is 81.4 Å². The summed E-state index contributed by atoms with van der Waals surface area (Å²) < 4.78 is 0. The van der Waals surface area contributed by atoms with Crippen molar-refractivity contribution in [2.75, 3.05) is 6.54 Å². The first kappa shape index (κ1) is 34.3. The number of allylic oxidation sites excluding steroid dienone is 3. The first-order valence-corrected chi connectivity index (χ1v) is 16.7. The van der Waals surface area contributed by atoms with Crippen LogP contribution < -0.4 is 5.32 Å². The average molecular weight is 652 g/mol. The number of aromatic amines is 2. The van der Waals surface area contributed by atoms with Crippen LogP contribution in [0.4, 0.5) is 0 Å². The molecule has 1 amide bonds. The molecule has 0 saturated heterocycles. The normalized spacial score (nSPS) is 15.9. The Kier molecular flexibility index (Phi) is 10.0. The van der Waals surface area contributed by atoms with Crippen LogP contribution in [0, 0.1) is 13.8 Å². The van der Waals surface area contributed by atoms with Gasteiger partial charge in [0.2, 0.25) is 5.91 Å². The van der Waals surface area contributed by atoms with E-state index < -0.39 is 11.9 Å². The third-order valence-corrected chi connectivity index (χ3v) is 9.81. The zero-order chi connectivity index (χ0) is 34.9. The number of carboxylic acids is 2. The van der Waals surface area contributed by atoms with Crippen LogP contribution in [-0.4, -0.2) is 54.5 Å². The molecular weight excluding hydrogens is 606 g/mol. The Morgan fingerprint density at radius 3 is 2.33 bits per heavy atom. The van der Waals surface area contributed by atoms with Gasteiger partial charge in [-0.15, -0.1) is 0 Å². The highest BCUT2D eigenvalue weighted by Crippen LogP contribution is 2.43. The fraction of sp³-hybridized carbons (Fsp3) is 0.395. The summed E-state index contributed by atoms with van der Waals surface area (Å²) >= 11 is 0. The number of nitrogens with one attached hydrogen (secondary N) is 3. The van der Waals surface area contributed by atoms with Gasteiger partial charge in [0.1, 0.15) is 0 Å². The Balaban J connectivity index is 1.98. The van der Waals surface area contributed by atoms with Crippen LogP contribution in [0.25, 0.3) is 33.2 Å². The molecule has 252 valence electrons. The number of carbonyl (C=O) groups is 3. The first-order chi connectivity index (χ1) is 22.9. The number of aromatic nitrogens is 4. The van der Waals surface area contributed by atoms with E-state index in [2.05, 4.69) is 35.7 Å². The summed E-state index contributed by atoms with van der Waals surface area (Å²) in [6, 6.07) is 5.87. The van der Waals surface area contributed by atoms with Crippen LogP contribution in [0.3, 0.4) is 0 Å². The van der Waals surface area contributed by atoms with Crippen molar-refractivity contribution in [2.24, 2.45) is 0 Å². The van der Waals surface area contributed by atoms with E-state index in [1.165, 1.54) is 0 Å². The molecule has 2 aliphatic rings. The molecular formula is C38H45N5O5. The standard InChI is InChI=1S/C38H45N5O5/c1-8-11-14-39-33(44)15-26-36-25(12-13-34(45)46)21(6)29(42-36)16-27-19(4)23(9-2)31(40-27)17-28-20(5)24(10-3)32(41-28)18-30-22(7)35(38(47)48)37(26)43-30/h9,16-18,21,25,41,43H,2,8,10-15H2,1,3-7H3,(H,39,44)(H,45,46)(H,47,48). The number of rotatable bonds is 11. The molecule has 0 spiro atoms. The number of H-pyrrole nitrogens is 2. The van der Waals surface area contributed by atoms with Gasteiger partial charge in [0.25, 0.3) is 0 Å². The number of aromatic carboxylic acids is 1. The van der Waals surface area contributed by atoms with E-state index in [1.54, 1.807) is 13.0 Å². The smallest absolute Gasteiger partial charge is 0.338 e. The van der Waals surface area contributed by atoms with Crippen molar-refractivity contribution >= 4 is 51.1 Å². The number of unbranched alkanes of at least 4 members (excludes halogenated alkanes) is 1. The van der Waals surface area contributed by atoms with Crippen molar-refractivity contribution in [1.29, 1.82) is 0 Å². The number of carboxylic acid groups (broad SMARTS) is 2. The van der Waals surface area contributed by atoms with Crippen molar-refractivity contribution in [3.8, 4) is 0 Å². The van der Waals surface area contributed by atoms with Crippen LogP contribution in [0.1, 0.15) is 121 Å². The lowest BCUT2D eigenvalue weighted by atomic mass is 9.85. The minimum absolute atomic E-state index is 0.0631. The minimum Gasteiger partial charge on any atom is -0.481 e. The predicted molar refractivity (Wildman–Crippen MR) is 189 cm³/mol. The second-order valence-corrected chi connectivity index (χ2v) is 12.8. The Bertz CT molecular complexity index is 2010. The molecule has 0 saturated carbocycles. The maximum Gasteiger partial charge on any atom is 0.338 e. The number of fused-ring (bicyclic) bond motifs is 8. The Hall–Kier alpha value is -4.99. The Morgan fingerprint density at radius 2 is 1.69 bits per heavy atom. The third-order valence-electron chi connectivity index (χ3n) is 9.81. The quantitative estimate of drug-likeness (QED) is 0.134. The second-order valence-electron chi connectivity index (χ2n) is 12.8. The lowest BCUT2D eigenvalue weighted by Crippen LogP contribution is -2.26. The molecule has 3 aromatic heterocycles. The summed E-state index contributed by atoms with van der Waals surface area (Å²) in [5.41, 5.74) is 10.4. The lowest BCUT2D eigenvalue weighted by Gasteiger charge is -2.17. The van der Waals surface area contributed by atoms with Crippen LogP contribution in [-0.2, 0) is 22.4 Å². The van der Waals surface area contributed by atoms with Gasteiger partial charge in [-0.25, -0.2) is 9.78 Å². The highest BCUT2D eigenvalue weighted by atomic mass is 16.4. The zero-order valence-electron chi connectivity index (χ0n) is 28.6. The summed E-state index contributed by atoms with van der Waals surface area (Å²) in [4.78, 5) is 55.3. The molecule has 10 nitrogen and oxygen atoms in total. The van der Waals surface area contributed by atoms with E-state index in [1.807, 2.05) is 39.0 Å². The molecule has 2 atom stereocenters. The van der Waals surface area contributed by atoms with Crippen molar-refractivity contribution in [1.82, 2.24) is 25.3 Å². The number of aliphatic carboxylic acids is 1. The molecule has 10 heteroatoms. The van der Waals surface area contributed by atoms with Gasteiger partial charge in [-0.05, 0) is 80.5 Å². The highest BCUT2D eigenvalue weighted by molar-refractivity contribution is 6.03. The Labute approximate surface area is 280 Å². The van der Waals surface area contributed by atoms with E-state index in [0.717, 1.165) is 64.0 Å². The number of hydrogen-bond donors (Lipinski definition) is 5. The number of nitrogens with zero attached hydrogens (tertiary/aromatic N) is 2. The van der Waals surface area contributed by atoms with Gasteiger partial charge >= 0.3 is 11.9 Å². The molecule has 3 aromatic rings. The minimum atomic E-state index is -1.13. The average Bonchev–Trinajstić information content (AvgIpc) is 3.71. The van der Waals surface area contributed by atoms with E-state index in [9.17, 15) is 24.6 Å². The van der Waals surface area contributed by atoms with Gasteiger partial charge in [-0.3, -0.25) is 14.6 Å². The second kappa shape index (κ2) is 14.0. The lowest BCUT2D eigenvalue weighted by molar-refractivity contribution is -0.137. The fourth-order valence-electron chi connectivity index (χ4n) is 7.01. The first-order valence-electron chi connectivity index (χ1n) is 16.7. The van der Waals surface area contributed by atoms with E-state index in [-0.39, 0.29) is 42.6 Å². The maximum absolute atomic E-state index is 13.5. The Morgan fingerprint density at radius 1 is 0.958 bits per heavy atom. The number of amides is 1. The number of hydrogen-bond acceptors (Lipinski definition) is 5. The molecule has 8 bridgehead atoms. The number of carbonyl (C=O) groups excluding carboxylic acids is 1. The van der Waals surface area contributed by atoms with Crippen molar-refractivity contribution < 1.29 is 24.6 Å². The largest absolute Gasteiger partial charge is 0.481 e. The van der Waals surface area contributed by atoms with Gasteiger partial charge in [0.05, 0.1) is 34.6 Å². The molecule has 0 fully saturated rings. The predicted octanol–water partition coefficient (Wildman–Crippen LogP) is 7.52. The summed E-state index contributed by atoms with van der Waals surface area (Å²) in [7, 11) is 0. The van der Waals surface area contributed by atoms with Gasteiger partial charge < -0.3 is 25.5 Å². The van der Waals surface area contributed by atoms with Gasteiger partial charge in [0, 0.05) is 58.2 Å². The summed E-state index contributed by atoms with van der Waals surface area (Å²) in [6.45, 7) is 16.5. The molecule has 2 unspecified atom stereocenters.